The van der Waals surface area contributed by atoms with Gasteiger partial charge in [0.05, 0.1) is 16.7 Å². The van der Waals surface area contributed by atoms with E-state index < -0.39 is 5.91 Å². The van der Waals surface area contributed by atoms with Gasteiger partial charge in [-0.25, -0.2) is 4.39 Å². The van der Waals surface area contributed by atoms with Gasteiger partial charge in [0.1, 0.15) is 5.82 Å². The van der Waals surface area contributed by atoms with Gasteiger partial charge < -0.3 is 4.74 Å². The van der Waals surface area contributed by atoms with Crippen LogP contribution in [0, 0.1) is 5.82 Å². The van der Waals surface area contributed by atoms with Crippen molar-refractivity contribution in [1.29, 1.82) is 0 Å². The van der Waals surface area contributed by atoms with Crippen molar-refractivity contribution in [2.45, 2.75) is 29.9 Å². The quantitative estimate of drug-likeness (QED) is 0.207. The number of nitrogens with one attached hydrogen (secondary N) is 1. The Morgan fingerprint density at radius 3 is 2.57 bits per heavy atom. The normalized spacial score (nSPS) is 10.8. The molecule has 0 fully saturated rings. The van der Waals surface area contributed by atoms with Gasteiger partial charge in [-0.3, -0.25) is 10.1 Å². The van der Waals surface area contributed by atoms with Crippen molar-refractivity contribution < 1.29 is 13.9 Å². The van der Waals surface area contributed by atoms with Gasteiger partial charge in [0.25, 0.3) is 5.91 Å². The van der Waals surface area contributed by atoms with Crippen LogP contribution in [0.15, 0.2) is 40.7 Å². The summed E-state index contributed by atoms with van der Waals surface area (Å²) in [5.41, 5.74) is 1.26. The number of carbonyl (C=O) groups excluding carboxylic acids is 1. The lowest BCUT2D eigenvalue weighted by molar-refractivity contribution is 0.102. The van der Waals surface area contributed by atoms with Gasteiger partial charge in [0.2, 0.25) is 5.13 Å². The second-order valence-electron chi connectivity index (χ2n) is 6.21. The zero-order valence-electron chi connectivity index (χ0n) is 16.0. The lowest BCUT2D eigenvalue weighted by Crippen LogP contribution is -2.12. The first-order valence-corrected chi connectivity index (χ1v) is 11.7. The van der Waals surface area contributed by atoms with E-state index in [0.29, 0.717) is 33.1 Å². The molecule has 0 aliphatic heterocycles. The SMILES string of the molecule is CCCCOc1c(Cl)cc(C(=O)Nc2nnc(SCc3ccc(F)cc3)s2)cc1Cl. The van der Waals surface area contributed by atoms with Gasteiger partial charge in [-0.2, -0.15) is 0 Å². The third-order valence-corrected chi connectivity index (χ3v) is 6.51. The number of rotatable bonds is 9. The summed E-state index contributed by atoms with van der Waals surface area (Å²) in [6.45, 7) is 2.56. The number of carbonyl (C=O) groups is 1. The molecule has 10 heteroatoms. The van der Waals surface area contributed by atoms with Gasteiger partial charge in [-0.1, -0.05) is 71.8 Å². The predicted octanol–water partition coefficient (Wildman–Crippen LogP) is 6.71. The van der Waals surface area contributed by atoms with Crippen molar-refractivity contribution >= 4 is 57.3 Å². The molecule has 1 aromatic heterocycles. The number of ether oxygens (including phenoxy) is 1. The Hall–Kier alpha value is -1.87. The Balaban J connectivity index is 1.60. The fourth-order valence-corrected chi connectivity index (χ4v) is 4.66. The molecule has 1 N–H and O–H groups in total. The van der Waals surface area contributed by atoms with Crippen LogP contribution >= 0.6 is 46.3 Å². The molecule has 0 aliphatic carbocycles. The Labute approximate surface area is 192 Å². The zero-order valence-corrected chi connectivity index (χ0v) is 19.1. The van der Waals surface area contributed by atoms with Crippen molar-refractivity contribution in [2.75, 3.05) is 11.9 Å². The molecule has 0 saturated carbocycles. The summed E-state index contributed by atoms with van der Waals surface area (Å²) in [7, 11) is 0. The minimum absolute atomic E-state index is 0.273. The minimum Gasteiger partial charge on any atom is -0.490 e. The molecule has 0 bridgehead atoms. The number of nitrogens with zero attached hydrogens (tertiary/aromatic N) is 2. The van der Waals surface area contributed by atoms with E-state index >= 15 is 0 Å². The molecule has 0 spiro atoms. The number of halogens is 3. The average molecular weight is 486 g/mol. The topological polar surface area (TPSA) is 64.1 Å². The molecule has 158 valence electrons. The number of hydrogen-bond acceptors (Lipinski definition) is 6. The first kappa shape index (κ1) is 22.8. The van der Waals surface area contributed by atoms with E-state index in [1.165, 1.54) is 47.4 Å². The van der Waals surface area contributed by atoms with E-state index in [-0.39, 0.29) is 15.9 Å². The fourth-order valence-electron chi connectivity index (χ4n) is 2.36. The summed E-state index contributed by atoms with van der Waals surface area (Å²) in [5.74, 6) is 0.322. The summed E-state index contributed by atoms with van der Waals surface area (Å²) >= 11 is 15.2. The van der Waals surface area contributed by atoms with Gasteiger partial charge in [0.15, 0.2) is 10.1 Å². The molecule has 1 heterocycles. The van der Waals surface area contributed by atoms with Gasteiger partial charge >= 0.3 is 0 Å². The molecule has 0 unspecified atom stereocenters. The predicted molar refractivity (Wildman–Crippen MR) is 121 cm³/mol. The summed E-state index contributed by atoms with van der Waals surface area (Å²) in [6, 6.07) is 9.28. The Morgan fingerprint density at radius 1 is 1.20 bits per heavy atom. The highest BCUT2D eigenvalue weighted by Gasteiger charge is 2.16. The molecular weight excluding hydrogens is 468 g/mol. The maximum atomic E-state index is 13.0. The Morgan fingerprint density at radius 2 is 1.90 bits per heavy atom. The average Bonchev–Trinajstić information content (AvgIpc) is 3.17. The van der Waals surface area contributed by atoms with Crippen LogP contribution < -0.4 is 10.1 Å². The van der Waals surface area contributed by atoms with Crippen LogP contribution in [0.25, 0.3) is 0 Å². The number of anilines is 1. The number of unbranched alkanes of at least 4 members (excludes halogenated alkanes) is 1. The smallest absolute Gasteiger partial charge is 0.257 e. The van der Waals surface area contributed by atoms with Crippen LogP contribution in [0.1, 0.15) is 35.7 Å². The molecule has 0 saturated heterocycles. The van der Waals surface area contributed by atoms with Crippen LogP contribution in [-0.4, -0.2) is 22.7 Å². The number of amides is 1. The Bertz CT molecular complexity index is 993. The van der Waals surface area contributed by atoms with Gasteiger partial charge in [0, 0.05) is 11.3 Å². The maximum Gasteiger partial charge on any atom is 0.257 e. The number of benzene rings is 2. The van der Waals surface area contributed by atoms with Gasteiger partial charge in [-0.15, -0.1) is 10.2 Å². The standard InChI is InChI=1S/C20H18Cl2FN3O2S2/c1-2-3-8-28-17-15(21)9-13(10-16(17)22)18(27)24-19-25-26-20(30-19)29-11-12-4-6-14(23)7-5-12/h4-7,9-10H,2-3,8,11H2,1H3,(H,24,25,27). The molecule has 3 rings (SSSR count). The summed E-state index contributed by atoms with van der Waals surface area (Å²) < 4.78 is 19.2. The molecule has 5 nitrogen and oxygen atoms in total. The highest BCUT2D eigenvalue weighted by molar-refractivity contribution is 8.00. The summed E-state index contributed by atoms with van der Waals surface area (Å²) in [6.07, 6.45) is 1.87. The number of thioether (sulfide) groups is 1. The van der Waals surface area contributed by atoms with Crippen LogP contribution in [-0.2, 0) is 5.75 Å². The molecule has 30 heavy (non-hydrogen) atoms. The van der Waals surface area contributed by atoms with Gasteiger partial charge in [-0.05, 0) is 36.2 Å². The molecule has 3 aromatic rings. The first-order chi connectivity index (χ1) is 14.5. The van der Waals surface area contributed by atoms with Crippen molar-refractivity contribution in [2.24, 2.45) is 0 Å². The van der Waals surface area contributed by atoms with E-state index in [9.17, 15) is 9.18 Å². The van der Waals surface area contributed by atoms with E-state index in [2.05, 4.69) is 22.4 Å². The number of aromatic nitrogens is 2. The van der Waals surface area contributed by atoms with Crippen LogP contribution in [0.5, 0.6) is 5.75 Å². The van der Waals surface area contributed by atoms with Crippen LogP contribution in [0.3, 0.4) is 0 Å². The molecule has 0 atom stereocenters. The lowest BCUT2D eigenvalue weighted by atomic mass is 10.2. The monoisotopic (exact) mass is 485 g/mol. The van der Waals surface area contributed by atoms with E-state index in [4.69, 9.17) is 27.9 Å². The van der Waals surface area contributed by atoms with Crippen LogP contribution in [0.2, 0.25) is 10.0 Å². The molecule has 0 radical (unpaired) electrons. The second-order valence-corrected chi connectivity index (χ2v) is 9.23. The van der Waals surface area contributed by atoms with E-state index in [0.717, 1.165) is 18.4 Å². The largest absolute Gasteiger partial charge is 0.490 e. The Kier molecular flexibility index (Phi) is 8.32. The molecule has 0 aliphatic rings. The lowest BCUT2D eigenvalue weighted by Gasteiger charge is -2.11. The van der Waals surface area contributed by atoms with Crippen molar-refractivity contribution in [3.8, 4) is 5.75 Å². The molecule has 2 aromatic carbocycles. The van der Waals surface area contributed by atoms with Crippen molar-refractivity contribution in [3.63, 3.8) is 0 Å². The van der Waals surface area contributed by atoms with Crippen LogP contribution in [0.4, 0.5) is 9.52 Å². The first-order valence-electron chi connectivity index (χ1n) is 9.10. The minimum atomic E-state index is -0.398. The summed E-state index contributed by atoms with van der Waals surface area (Å²) in [5, 5.41) is 11.6. The maximum absolute atomic E-state index is 13.0. The second kappa shape index (κ2) is 10.9. The zero-order chi connectivity index (χ0) is 21.5. The third-order valence-electron chi connectivity index (χ3n) is 3.91. The molecule has 1 amide bonds. The van der Waals surface area contributed by atoms with Crippen molar-refractivity contribution in [3.05, 3.63) is 63.4 Å². The molecular formula is C20H18Cl2FN3O2S2. The van der Waals surface area contributed by atoms with E-state index in [1.54, 1.807) is 12.1 Å². The van der Waals surface area contributed by atoms with Crippen molar-refractivity contribution in [1.82, 2.24) is 10.2 Å². The highest BCUT2D eigenvalue weighted by atomic mass is 35.5. The highest BCUT2D eigenvalue weighted by Crippen LogP contribution is 2.35. The third kappa shape index (κ3) is 6.31. The number of hydrogen-bond donors (Lipinski definition) is 1. The summed E-state index contributed by atoms with van der Waals surface area (Å²) in [4.78, 5) is 12.5. The fraction of sp³-hybridized carbons (Fsp3) is 0.250. The van der Waals surface area contributed by atoms with E-state index in [1.807, 2.05) is 0 Å².